The Labute approximate surface area is 125 Å². The fourth-order valence-corrected chi connectivity index (χ4v) is 2.46. The Hall–Kier alpha value is -2.52. The van der Waals surface area contributed by atoms with Crippen molar-refractivity contribution in [3.63, 3.8) is 0 Å². The summed E-state index contributed by atoms with van der Waals surface area (Å²) < 4.78 is 0. The van der Waals surface area contributed by atoms with Gasteiger partial charge in [-0.15, -0.1) is 0 Å². The highest BCUT2D eigenvalue weighted by Crippen LogP contribution is 2.24. The highest BCUT2D eigenvalue weighted by Gasteiger charge is 2.29. The van der Waals surface area contributed by atoms with Crippen molar-refractivity contribution in [1.82, 2.24) is 0 Å². The van der Waals surface area contributed by atoms with Gasteiger partial charge in [-0.2, -0.15) is 0 Å². The molecule has 1 aliphatic carbocycles. The van der Waals surface area contributed by atoms with Crippen molar-refractivity contribution in [3.05, 3.63) is 81.9 Å². The maximum atomic E-state index is 12.4. The Morgan fingerprint density at radius 2 is 1.62 bits per heavy atom. The number of hydrogen-bond donors (Lipinski definition) is 0. The van der Waals surface area contributed by atoms with Crippen LogP contribution >= 0.6 is 11.6 Å². The smallest absolute Gasteiger partial charge is 0.197 e. The monoisotopic (exact) mass is 296 g/mol. The first kappa shape index (κ1) is 13.5. The van der Waals surface area contributed by atoms with Crippen molar-refractivity contribution in [2.45, 2.75) is 0 Å². The van der Waals surface area contributed by atoms with Crippen LogP contribution in [0, 0.1) is 0 Å². The van der Waals surface area contributed by atoms with Crippen LogP contribution in [0.15, 0.2) is 60.2 Å². The summed E-state index contributed by atoms with van der Waals surface area (Å²) in [5.41, 5.74) is 0.746. The lowest BCUT2D eigenvalue weighted by Gasteiger charge is -2.14. The highest BCUT2D eigenvalue weighted by molar-refractivity contribution is 6.38. The first-order chi connectivity index (χ1) is 10.1. The Balaban J connectivity index is 2.07. The molecule has 0 unspecified atom stereocenters. The zero-order chi connectivity index (χ0) is 15.0. The zero-order valence-corrected chi connectivity index (χ0v) is 11.6. The van der Waals surface area contributed by atoms with Gasteiger partial charge in [0.05, 0.1) is 5.57 Å². The summed E-state index contributed by atoms with van der Waals surface area (Å²) in [7, 11) is 0. The molecule has 4 heteroatoms. The summed E-state index contributed by atoms with van der Waals surface area (Å²) in [4.78, 5) is 36.8. The van der Waals surface area contributed by atoms with Crippen LogP contribution in [0.25, 0.3) is 0 Å². The van der Waals surface area contributed by atoms with Gasteiger partial charge in [0, 0.05) is 27.8 Å². The molecular formula is C17H9ClO3. The summed E-state index contributed by atoms with van der Waals surface area (Å²) in [6, 6.07) is 12.8. The Bertz CT molecular complexity index is 818. The number of halogens is 1. The molecule has 3 rings (SSSR count). The maximum Gasteiger partial charge on any atom is 0.197 e. The maximum absolute atomic E-state index is 12.4. The minimum atomic E-state index is -0.495. The van der Waals surface area contributed by atoms with Crippen molar-refractivity contribution in [3.8, 4) is 0 Å². The number of ketones is 3. The second kappa shape index (κ2) is 5.11. The molecule has 0 aliphatic heterocycles. The number of fused-ring (bicyclic) bond motifs is 1. The number of carbonyl (C=O) groups is 3. The predicted molar refractivity (Wildman–Crippen MR) is 79.0 cm³/mol. The summed E-state index contributed by atoms with van der Waals surface area (Å²) in [5, 5.41) is 0.399. The molecule has 0 saturated heterocycles. The van der Waals surface area contributed by atoms with Gasteiger partial charge in [-0.05, 0) is 12.1 Å². The summed E-state index contributed by atoms with van der Waals surface area (Å²) in [5.74, 6) is -1.27. The number of carbonyl (C=O) groups excluding carboxylic acids is 3. The molecule has 0 fully saturated rings. The third-order valence-electron chi connectivity index (χ3n) is 3.29. The minimum Gasteiger partial charge on any atom is -0.289 e. The molecule has 3 nitrogen and oxygen atoms in total. The van der Waals surface area contributed by atoms with Crippen LogP contribution in [0.4, 0.5) is 0 Å². The van der Waals surface area contributed by atoms with Gasteiger partial charge >= 0.3 is 0 Å². The normalized spacial score (nSPS) is 13.7. The third-order valence-corrected chi connectivity index (χ3v) is 3.52. The fraction of sp³-hybridized carbons (Fsp3) is 0. The first-order valence-electron chi connectivity index (χ1n) is 6.28. The lowest BCUT2D eigenvalue weighted by Crippen LogP contribution is -2.22. The van der Waals surface area contributed by atoms with E-state index in [0.717, 1.165) is 6.08 Å². The molecule has 0 radical (unpaired) electrons. The Morgan fingerprint density at radius 1 is 0.905 bits per heavy atom. The molecule has 2 aromatic carbocycles. The molecule has 0 heterocycles. The van der Waals surface area contributed by atoms with E-state index in [1.807, 2.05) is 0 Å². The van der Waals surface area contributed by atoms with Crippen LogP contribution in [-0.4, -0.2) is 17.3 Å². The highest BCUT2D eigenvalue weighted by atomic mass is 35.5. The molecule has 0 bridgehead atoms. The van der Waals surface area contributed by atoms with Gasteiger partial charge in [0.2, 0.25) is 0 Å². The number of Topliss-reactive ketones (excluding diaryl/α,β-unsaturated/α-hetero) is 2. The molecule has 102 valence electrons. The van der Waals surface area contributed by atoms with Crippen LogP contribution in [0.2, 0.25) is 5.02 Å². The standard InChI is InChI=1S/C17H9ClO3/c18-11-5-3-4-10(8-11)16(20)14-9-15(19)12-6-1-2-7-13(12)17(14)21/h1-9H. The van der Waals surface area contributed by atoms with E-state index in [-0.39, 0.29) is 22.5 Å². The topological polar surface area (TPSA) is 51.2 Å². The van der Waals surface area contributed by atoms with E-state index in [1.165, 1.54) is 6.07 Å². The van der Waals surface area contributed by atoms with Gasteiger partial charge in [0.15, 0.2) is 17.3 Å². The molecular weight excluding hydrogens is 288 g/mol. The van der Waals surface area contributed by atoms with E-state index < -0.39 is 11.6 Å². The molecule has 21 heavy (non-hydrogen) atoms. The Kier molecular flexibility index (Phi) is 3.28. The van der Waals surface area contributed by atoms with Gasteiger partial charge < -0.3 is 0 Å². The average Bonchev–Trinajstić information content (AvgIpc) is 2.50. The molecule has 2 aromatic rings. The van der Waals surface area contributed by atoms with E-state index in [4.69, 9.17) is 11.6 Å². The molecule has 0 N–H and O–H groups in total. The van der Waals surface area contributed by atoms with Crippen molar-refractivity contribution in [2.24, 2.45) is 0 Å². The SMILES string of the molecule is O=C(C1=CC(=O)c2ccccc2C1=O)c1cccc(Cl)c1. The minimum absolute atomic E-state index is 0.124. The van der Waals surface area contributed by atoms with Crippen LogP contribution in [-0.2, 0) is 0 Å². The second-order valence-corrected chi connectivity index (χ2v) is 5.07. The van der Waals surface area contributed by atoms with Crippen LogP contribution in [0.5, 0.6) is 0 Å². The lowest BCUT2D eigenvalue weighted by molar-refractivity contribution is 0.0934. The molecule has 0 amide bonds. The number of rotatable bonds is 2. The Morgan fingerprint density at radius 3 is 2.33 bits per heavy atom. The fourth-order valence-electron chi connectivity index (χ4n) is 2.27. The van der Waals surface area contributed by atoms with E-state index in [9.17, 15) is 14.4 Å². The average molecular weight is 297 g/mol. The van der Waals surface area contributed by atoms with Crippen molar-refractivity contribution < 1.29 is 14.4 Å². The van der Waals surface area contributed by atoms with Crippen LogP contribution < -0.4 is 0 Å². The van der Waals surface area contributed by atoms with Crippen molar-refractivity contribution in [1.29, 1.82) is 0 Å². The van der Waals surface area contributed by atoms with E-state index >= 15 is 0 Å². The number of allylic oxidation sites excluding steroid dienone is 2. The zero-order valence-electron chi connectivity index (χ0n) is 10.8. The van der Waals surface area contributed by atoms with Gasteiger partial charge in [0.1, 0.15) is 0 Å². The first-order valence-corrected chi connectivity index (χ1v) is 6.66. The van der Waals surface area contributed by atoms with Crippen molar-refractivity contribution >= 4 is 29.0 Å². The van der Waals surface area contributed by atoms with Crippen LogP contribution in [0.1, 0.15) is 31.1 Å². The largest absolute Gasteiger partial charge is 0.289 e. The quantitative estimate of drug-likeness (QED) is 0.629. The van der Waals surface area contributed by atoms with Gasteiger partial charge in [-0.25, -0.2) is 0 Å². The molecule has 0 spiro atoms. The van der Waals surface area contributed by atoms with Gasteiger partial charge in [0.25, 0.3) is 0 Å². The van der Waals surface area contributed by atoms with Gasteiger partial charge in [-0.1, -0.05) is 48.0 Å². The summed E-state index contributed by atoms with van der Waals surface area (Å²) >= 11 is 5.85. The molecule has 0 atom stereocenters. The van der Waals surface area contributed by atoms with E-state index in [1.54, 1.807) is 42.5 Å². The summed E-state index contributed by atoms with van der Waals surface area (Å²) in [6.07, 6.45) is 1.11. The number of hydrogen-bond acceptors (Lipinski definition) is 3. The number of benzene rings is 2. The van der Waals surface area contributed by atoms with Crippen LogP contribution in [0.3, 0.4) is 0 Å². The third kappa shape index (κ3) is 2.32. The van der Waals surface area contributed by atoms with E-state index in [0.29, 0.717) is 10.6 Å². The van der Waals surface area contributed by atoms with E-state index in [2.05, 4.69) is 0 Å². The molecule has 0 saturated carbocycles. The predicted octanol–water partition coefficient (Wildman–Crippen LogP) is 3.53. The van der Waals surface area contributed by atoms with Crippen molar-refractivity contribution in [2.75, 3.05) is 0 Å². The van der Waals surface area contributed by atoms with Gasteiger partial charge in [-0.3, -0.25) is 14.4 Å². The second-order valence-electron chi connectivity index (χ2n) is 4.64. The molecule has 0 aromatic heterocycles. The lowest BCUT2D eigenvalue weighted by atomic mass is 9.86. The molecule has 1 aliphatic rings. The summed E-state index contributed by atoms with van der Waals surface area (Å²) in [6.45, 7) is 0.